The molecule has 0 radical (unpaired) electrons. The number of nitrogens with zero attached hydrogens (tertiary/aromatic N) is 1. The lowest BCUT2D eigenvalue weighted by molar-refractivity contribution is -0.137. The highest BCUT2D eigenvalue weighted by Gasteiger charge is 2.19. The number of carbonyl (C=O) groups is 1. The van der Waals surface area contributed by atoms with Crippen LogP contribution < -0.4 is 0 Å². The molecule has 1 fully saturated rings. The third-order valence-corrected chi connectivity index (χ3v) is 3.57. The number of hydrogen-bond acceptors (Lipinski definition) is 3. The zero-order valence-corrected chi connectivity index (χ0v) is 10.3. The molecule has 0 saturated carbocycles. The highest BCUT2D eigenvalue weighted by molar-refractivity contribution is 7.98. The number of aliphatic carboxylic acids is 1. The van der Waals surface area contributed by atoms with Gasteiger partial charge in [0.1, 0.15) is 0 Å². The van der Waals surface area contributed by atoms with E-state index in [1.807, 2.05) is 11.8 Å². The summed E-state index contributed by atoms with van der Waals surface area (Å²) in [5, 5.41) is 8.63. The second-order valence-electron chi connectivity index (χ2n) is 4.23. The first-order valence-electron chi connectivity index (χ1n) is 5.65. The lowest BCUT2D eigenvalue weighted by Crippen LogP contribution is -2.37. The maximum atomic E-state index is 10.5. The third kappa shape index (κ3) is 5.42. The Hall–Kier alpha value is -0.220. The SMILES string of the molecule is CSCCN1CCCC(CCC(=O)O)C1. The maximum absolute atomic E-state index is 10.5. The standard InChI is InChI=1S/C11H21NO2S/c1-15-8-7-12-6-2-3-10(9-12)4-5-11(13)14/h10H,2-9H2,1H3,(H,13,14). The molecule has 0 aliphatic carbocycles. The predicted molar refractivity (Wildman–Crippen MR) is 64.4 cm³/mol. The van der Waals surface area contributed by atoms with Crippen LogP contribution in [0, 0.1) is 5.92 Å². The number of likely N-dealkylation sites (tertiary alicyclic amines) is 1. The van der Waals surface area contributed by atoms with E-state index in [1.54, 1.807) is 0 Å². The van der Waals surface area contributed by atoms with Crippen molar-refractivity contribution in [2.75, 3.05) is 31.6 Å². The summed E-state index contributed by atoms with van der Waals surface area (Å²) in [4.78, 5) is 13.0. The lowest BCUT2D eigenvalue weighted by Gasteiger charge is -2.32. The molecular weight excluding hydrogens is 210 g/mol. The molecule has 15 heavy (non-hydrogen) atoms. The molecule has 1 rings (SSSR count). The van der Waals surface area contributed by atoms with Crippen molar-refractivity contribution in [2.24, 2.45) is 5.92 Å². The van der Waals surface area contributed by atoms with Gasteiger partial charge in [0.2, 0.25) is 0 Å². The Balaban J connectivity index is 2.19. The molecule has 1 saturated heterocycles. The Bertz CT molecular complexity index is 199. The van der Waals surface area contributed by atoms with Gasteiger partial charge < -0.3 is 10.0 Å². The molecule has 1 heterocycles. The fraction of sp³-hybridized carbons (Fsp3) is 0.909. The van der Waals surface area contributed by atoms with E-state index < -0.39 is 5.97 Å². The van der Waals surface area contributed by atoms with Gasteiger partial charge in [-0.1, -0.05) is 0 Å². The normalized spacial score (nSPS) is 22.9. The van der Waals surface area contributed by atoms with Gasteiger partial charge >= 0.3 is 5.97 Å². The fourth-order valence-electron chi connectivity index (χ4n) is 2.14. The van der Waals surface area contributed by atoms with Gasteiger partial charge in [-0.05, 0) is 38.0 Å². The van der Waals surface area contributed by atoms with Gasteiger partial charge in [-0.25, -0.2) is 0 Å². The molecule has 88 valence electrons. The van der Waals surface area contributed by atoms with E-state index in [9.17, 15) is 4.79 Å². The van der Waals surface area contributed by atoms with E-state index in [1.165, 1.54) is 25.1 Å². The summed E-state index contributed by atoms with van der Waals surface area (Å²) < 4.78 is 0. The highest BCUT2D eigenvalue weighted by Crippen LogP contribution is 2.20. The topological polar surface area (TPSA) is 40.5 Å². The van der Waals surface area contributed by atoms with Crippen molar-refractivity contribution in [1.82, 2.24) is 4.90 Å². The largest absolute Gasteiger partial charge is 0.481 e. The summed E-state index contributed by atoms with van der Waals surface area (Å²) in [5.74, 6) is 1.14. The second kappa shape index (κ2) is 7.12. The van der Waals surface area contributed by atoms with Crippen molar-refractivity contribution in [3.63, 3.8) is 0 Å². The van der Waals surface area contributed by atoms with Crippen LogP contribution in [0.3, 0.4) is 0 Å². The van der Waals surface area contributed by atoms with E-state index in [0.29, 0.717) is 12.3 Å². The van der Waals surface area contributed by atoms with Crippen LogP contribution in [0.25, 0.3) is 0 Å². The zero-order chi connectivity index (χ0) is 11.1. The van der Waals surface area contributed by atoms with Gasteiger partial charge in [0.05, 0.1) is 0 Å². The van der Waals surface area contributed by atoms with Crippen LogP contribution in [-0.2, 0) is 4.79 Å². The summed E-state index contributed by atoms with van der Waals surface area (Å²) in [7, 11) is 0. The minimum absolute atomic E-state index is 0.334. The fourth-order valence-corrected chi connectivity index (χ4v) is 2.58. The minimum atomic E-state index is -0.656. The van der Waals surface area contributed by atoms with E-state index in [-0.39, 0.29) is 0 Å². The third-order valence-electron chi connectivity index (χ3n) is 2.98. The number of thioether (sulfide) groups is 1. The van der Waals surface area contributed by atoms with Gasteiger partial charge in [0.15, 0.2) is 0 Å². The molecule has 0 aromatic carbocycles. The van der Waals surface area contributed by atoms with Crippen LogP contribution in [0.4, 0.5) is 0 Å². The smallest absolute Gasteiger partial charge is 0.303 e. The van der Waals surface area contributed by atoms with Crippen LogP contribution in [0.2, 0.25) is 0 Å². The number of carboxylic acid groups (broad SMARTS) is 1. The van der Waals surface area contributed by atoms with Crippen molar-refractivity contribution in [2.45, 2.75) is 25.7 Å². The summed E-state index contributed by atoms with van der Waals surface area (Å²) in [5.41, 5.74) is 0. The molecule has 4 heteroatoms. The Morgan fingerprint density at radius 3 is 3.07 bits per heavy atom. The first-order chi connectivity index (χ1) is 7.22. The van der Waals surface area contributed by atoms with Crippen molar-refractivity contribution >= 4 is 17.7 Å². The lowest BCUT2D eigenvalue weighted by atomic mass is 9.93. The average molecular weight is 231 g/mol. The second-order valence-corrected chi connectivity index (χ2v) is 5.22. The van der Waals surface area contributed by atoms with Crippen molar-refractivity contribution < 1.29 is 9.90 Å². The number of piperidine rings is 1. The van der Waals surface area contributed by atoms with Crippen LogP contribution in [0.1, 0.15) is 25.7 Å². The van der Waals surface area contributed by atoms with E-state index in [0.717, 1.165) is 19.5 Å². The van der Waals surface area contributed by atoms with E-state index in [2.05, 4.69) is 11.2 Å². The summed E-state index contributed by atoms with van der Waals surface area (Å²) in [6.07, 6.45) is 5.76. The first-order valence-corrected chi connectivity index (χ1v) is 7.05. The molecule has 1 aliphatic heterocycles. The molecule has 0 bridgehead atoms. The Morgan fingerprint density at radius 2 is 2.40 bits per heavy atom. The predicted octanol–water partition coefficient (Wildman–Crippen LogP) is 1.93. The van der Waals surface area contributed by atoms with Crippen LogP contribution >= 0.6 is 11.8 Å². The maximum Gasteiger partial charge on any atom is 0.303 e. The zero-order valence-electron chi connectivity index (χ0n) is 9.45. The molecule has 0 aromatic heterocycles. The number of carboxylic acids is 1. The molecule has 1 atom stereocenters. The Morgan fingerprint density at radius 1 is 1.60 bits per heavy atom. The Kier molecular flexibility index (Phi) is 6.10. The van der Waals surface area contributed by atoms with Crippen molar-refractivity contribution in [3.8, 4) is 0 Å². The molecule has 1 unspecified atom stereocenters. The molecule has 0 spiro atoms. The van der Waals surface area contributed by atoms with Crippen molar-refractivity contribution in [3.05, 3.63) is 0 Å². The molecule has 0 aromatic rings. The highest BCUT2D eigenvalue weighted by atomic mass is 32.2. The van der Waals surface area contributed by atoms with Gasteiger partial charge in [-0.3, -0.25) is 4.79 Å². The quantitative estimate of drug-likeness (QED) is 0.758. The molecule has 1 N–H and O–H groups in total. The summed E-state index contributed by atoms with van der Waals surface area (Å²) in [6, 6.07) is 0. The van der Waals surface area contributed by atoms with Crippen LogP contribution in [-0.4, -0.2) is 47.6 Å². The summed E-state index contributed by atoms with van der Waals surface area (Å²) >= 11 is 1.88. The molecule has 0 amide bonds. The minimum Gasteiger partial charge on any atom is -0.481 e. The number of hydrogen-bond donors (Lipinski definition) is 1. The van der Waals surface area contributed by atoms with Gasteiger partial charge in [-0.2, -0.15) is 11.8 Å². The van der Waals surface area contributed by atoms with Gasteiger partial charge in [0.25, 0.3) is 0 Å². The monoisotopic (exact) mass is 231 g/mol. The van der Waals surface area contributed by atoms with E-state index in [4.69, 9.17) is 5.11 Å². The van der Waals surface area contributed by atoms with Gasteiger partial charge in [0, 0.05) is 25.3 Å². The van der Waals surface area contributed by atoms with Crippen molar-refractivity contribution in [1.29, 1.82) is 0 Å². The van der Waals surface area contributed by atoms with Crippen LogP contribution in [0.5, 0.6) is 0 Å². The van der Waals surface area contributed by atoms with Crippen LogP contribution in [0.15, 0.2) is 0 Å². The molecule has 3 nitrogen and oxygen atoms in total. The average Bonchev–Trinajstić information content (AvgIpc) is 2.24. The molecule has 1 aliphatic rings. The Labute approximate surface area is 96.2 Å². The summed E-state index contributed by atoms with van der Waals surface area (Å²) in [6.45, 7) is 3.46. The van der Waals surface area contributed by atoms with Gasteiger partial charge in [-0.15, -0.1) is 0 Å². The first kappa shape index (κ1) is 12.8. The van der Waals surface area contributed by atoms with E-state index >= 15 is 0 Å². The number of rotatable bonds is 6. The molecular formula is C11H21NO2S.